The molecule has 5 aromatic heterocycles. The lowest BCUT2D eigenvalue weighted by Crippen LogP contribution is -2.00. The highest BCUT2D eigenvalue weighted by Crippen LogP contribution is 2.43. The van der Waals surface area contributed by atoms with Crippen LogP contribution in [0, 0.1) is 0 Å². The molecule has 5 heterocycles. The maximum atomic E-state index is 6.79. The summed E-state index contributed by atoms with van der Waals surface area (Å²) in [6, 6.07) is 66.9. The molecule has 0 atom stereocenters. The molecule has 0 spiro atoms. The number of aromatic nitrogens is 4. The molecule has 0 N–H and O–H groups in total. The van der Waals surface area contributed by atoms with Crippen molar-refractivity contribution in [3.63, 3.8) is 0 Å². The second-order valence-corrected chi connectivity index (χ2v) is 16.3. The van der Waals surface area contributed by atoms with Gasteiger partial charge in [0.2, 0.25) is 0 Å². The van der Waals surface area contributed by atoms with Gasteiger partial charge in [-0.05, 0) is 78.4 Å². The lowest BCUT2D eigenvalue weighted by molar-refractivity contribution is 0.634. The number of hydrogen-bond donors (Lipinski definition) is 0. The van der Waals surface area contributed by atoms with E-state index in [1.807, 2.05) is 91.0 Å². The molecule has 7 nitrogen and oxygen atoms in total. The molecule has 0 aliphatic heterocycles. The monoisotopic (exact) mass is 820 g/mol. The lowest BCUT2D eigenvalue weighted by Gasteiger charge is -2.09. The molecule has 0 saturated carbocycles. The topological polar surface area (TPSA) is 83.0 Å². The molecule has 0 radical (unpaired) electrons. The lowest BCUT2D eigenvalue weighted by atomic mass is 10.00. The van der Waals surface area contributed by atoms with Crippen molar-refractivity contribution >= 4 is 87.6 Å². The van der Waals surface area contributed by atoms with Crippen molar-refractivity contribution < 1.29 is 13.3 Å². The second kappa shape index (κ2) is 13.3. The van der Waals surface area contributed by atoms with E-state index >= 15 is 0 Å². The first-order chi connectivity index (χ1) is 31.7. The summed E-state index contributed by atoms with van der Waals surface area (Å²) in [6.45, 7) is 0. The zero-order chi connectivity index (χ0) is 41.9. The minimum atomic E-state index is 0.597. The van der Waals surface area contributed by atoms with Gasteiger partial charge in [-0.25, -0.2) is 15.0 Å². The zero-order valence-corrected chi connectivity index (χ0v) is 34.0. The van der Waals surface area contributed by atoms with Crippen LogP contribution in [0.3, 0.4) is 0 Å². The van der Waals surface area contributed by atoms with Crippen molar-refractivity contribution in [1.82, 2.24) is 19.5 Å². The molecular weight excluding hydrogens is 789 g/mol. The highest BCUT2D eigenvalue weighted by molar-refractivity contribution is 6.20. The molecule has 0 unspecified atom stereocenters. The number of benzene rings is 9. The van der Waals surface area contributed by atoms with Crippen LogP contribution in [0.4, 0.5) is 0 Å². The smallest absolute Gasteiger partial charge is 0.178 e. The Bertz CT molecular complexity index is 4140. The van der Waals surface area contributed by atoms with E-state index in [2.05, 4.69) is 108 Å². The first-order valence-electron chi connectivity index (χ1n) is 21.3. The van der Waals surface area contributed by atoms with E-state index in [9.17, 15) is 0 Å². The largest absolute Gasteiger partial charge is 0.456 e. The first kappa shape index (κ1) is 34.9. The van der Waals surface area contributed by atoms with E-state index in [0.717, 1.165) is 121 Å². The minimum absolute atomic E-state index is 0.597. The molecule has 14 rings (SSSR count). The van der Waals surface area contributed by atoms with Gasteiger partial charge in [0.1, 0.15) is 22.3 Å². The minimum Gasteiger partial charge on any atom is -0.456 e. The van der Waals surface area contributed by atoms with Gasteiger partial charge >= 0.3 is 0 Å². The normalized spacial score (nSPS) is 12.1. The SMILES string of the molecule is c1ccc(-c2nc(-c3ccccc3)nc(-c3ccc4oc5ccc(-n6c7ccccc7c7cc(-c8cccc9c8oc8c9ccc9c%10ccccc%10oc98)ccc76)cc5c4c3)n2)cc1. The number of fused-ring (bicyclic) bond motifs is 13. The molecule has 9 aromatic carbocycles. The predicted molar refractivity (Wildman–Crippen MR) is 258 cm³/mol. The van der Waals surface area contributed by atoms with Crippen LogP contribution >= 0.6 is 0 Å². The van der Waals surface area contributed by atoms with Crippen LogP contribution in [-0.4, -0.2) is 19.5 Å². The maximum absolute atomic E-state index is 6.79. The Labute approximate surface area is 364 Å². The number of para-hydroxylation sites is 3. The average molecular weight is 821 g/mol. The van der Waals surface area contributed by atoms with Crippen LogP contribution in [0.25, 0.3) is 139 Å². The van der Waals surface area contributed by atoms with Gasteiger partial charge in [-0.1, -0.05) is 121 Å². The third kappa shape index (κ3) is 5.18. The number of rotatable bonds is 5. The Morgan fingerprint density at radius 1 is 0.297 bits per heavy atom. The van der Waals surface area contributed by atoms with Gasteiger partial charge in [0.05, 0.1) is 11.0 Å². The average Bonchev–Trinajstić information content (AvgIpc) is 4.13. The van der Waals surface area contributed by atoms with Crippen LogP contribution in [0.5, 0.6) is 0 Å². The van der Waals surface area contributed by atoms with Gasteiger partial charge in [0.25, 0.3) is 0 Å². The van der Waals surface area contributed by atoms with Gasteiger partial charge in [-0.15, -0.1) is 0 Å². The second-order valence-electron chi connectivity index (χ2n) is 16.3. The molecule has 0 aliphatic rings. The van der Waals surface area contributed by atoms with E-state index in [0.29, 0.717) is 17.5 Å². The van der Waals surface area contributed by atoms with Gasteiger partial charge in [-0.3, -0.25) is 0 Å². The summed E-state index contributed by atoms with van der Waals surface area (Å²) in [4.78, 5) is 14.9. The van der Waals surface area contributed by atoms with Crippen molar-refractivity contribution in [1.29, 1.82) is 0 Å². The molecule has 0 bridgehead atoms. The molecular formula is C57H32N4O3. The molecule has 0 saturated heterocycles. The van der Waals surface area contributed by atoms with Crippen LogP contribution in [0.15, 0.2) is 207 Å². The third-order valence-corrected chi connectivity index (χ3v) is 12.7. The number of nitrogens with zero attached hydrogens (tertiary/aromatic N) is 4. The van der Waals surface area contributed by atoms with Crippen LogP contribution in [0.1, 0.15) is 0 Å². The summed E-state index contributed by atoms with van der Waals surface area (Å²) in [5.41, 5.74) is 12.9. The third-order valence-electron chi connectivity index (χ3n) is 12.7. The van der Waals surface area contributed by atoms with Gasteiger partial charge < -0.3 is 17.8 Å². The van der Waals surface area contributed by atoms with Gasteiger partial charge in [0.15, 0.2) is 28.6 Å². The van der Waals surface area contributed by atoms with Crippen LogP contribution in [0.2, 0.25) is 0 Å². The fourth-order valence-electron chi connectivity index (χ4n) is 9.67. The van der Waals surface area contributed by atoms with Crippen molar-refractivity contribution in [3.8, 4) is 51.0 Å². The zero-order valence-electron chi connectivity index (χ0n) is 34.0. The van der Waals surface area contributed by atoms with Crippen molar-refractivity contribution in [2.24, 2.45) is 0 Å². The van der Waals surface area contributed by atoms with E-state index in [4.69, 9.17) is 28.2 Å². The van der Waals surface area contributed by atoms with Crippen LogP contribution in [-0.2, 0) is 0 Å². The summed E-state index contributed by atoms with van der Waals surface area (Å²) in [7, 11) is 0. The summed E-state index contributed by atoms with van der Waals surface area (Å²) >= 11 is 0. The number of hydrogen-bond acceptors (Lipinski definition) is 6. The van der Waals surface area contributed by atoms with Crippen molar-refractivity contribution in [3.05, 3.63) is 194 Å². The molecule has 0 amide bonds. The van der Waals surface area contributed by atoms with Gasteiger partial charge in [-0.2, -0.15) is 0 Å². The van der Waals surface area contributed by atoms with E-state index in [1.165, 1.54) is 0 Å². The van der Waals surface area contributed by atoms with Gasteiger partial charge in [0, 0.05) is 71.0 Å². The highest BCUT2D eigenvalue weighted by atomic mass is 16.4. The Morgan fingerprint density at radius 3 is 1.62 bits per heavy atom. The van der Waals surface area contributed by atoms with E-state index < -0.39 is 0 Å². The first-order valence-corrected chi connectivity index (χ1v) is 21.3. The summed E-state index contributed by atoms with van der Waals surface area (Å²) in [5, 5.41) is 8.55. The standard InChI is InChI=1S/C57H32N4O3/c1-3-12-33(13-4-1)55-58-56(34-14-5-2-6-15-34)60-57(59-55)36-23-28-50-45(31-36)46-32-37(24-29-51(46)62-50)61-47-20-9-7-16-39(47)44-30-35(22-27-48(44)61)38-18-11-19-41-43-26-25-42-40-17-8-10-21-49(40)63-53(42)54(43)64-52(38)41/h1-32H. The van der Waals surface area contributed by atoms with E-state index in [-0.39, 0.29) is 0 Å². The van der Waals surface area contributed by atoms with Crippen molar-refractivity contribution in [2.45, 2.75) is 0 Å². The Morgan fingerprint density at radius 2 is 0.844 bits per heavy atom. The fourth-order valence-corrected chi connectivity index (χ4v) is 9.67. The quantitative estimate of drug-likeness (QED) is 0.172. The molecule has 298 valence electrons. The molecule has 7 heteroatoms. The fraction of sp³-hybridized carbons (Fsp3) is 0. The molecule has 0 aliphatic carbocycles. The Balaban J connectivity index is 0.911. The van der Waals surface area contributed by atoms with Crippen molar-refractivity contribution in [2.75, 3.05) is 0 Å². The summed E-state index contributed by atoms with van der Waals surface area (Å²) < 4.78 is 22.0. The molecule has 0 fully saturated rings. The maximum Gasteiger partial charge on any atom is 0.178 e. The summed E-state index contributed by atoms with van der Waals surface area (Å²) in [5.74, 6) is 1.84. The predicted octanol–water partition coefficient (Wildman–Crippen LogP) is 15.3. The summed E-state index contributed by atoms with van der Waals surface area (Å²) in [6.07, 6.45) is 0. The molecule has 64 heavy (non-hydrogen) atoms. The number of furan rings is 3. The van der Waals surface area contributed by atoms with E-state index in [1.54, 1.807) is 0 Å². The Hall–Kier alpha value is -8.81. The van der Waals surface area contributed by atoms with Crippen LogP contribution < -0.4 is 0 Å². The Kier molecular flexibility index (Phi) is 7.27. The molecule has 14 aromatic rings. The highest BCUT2D eigenvalue weighted by Gasteiger charge is 2.21.